The highest BCUT2D eigenvalue weighted by Crippen LogP contribution is 2.51. The Kier molecular flexibility index (Phi) is 6.28. The number of nitrogens with zero attached hydrogens (tertiary/aromatic N) is 1. The first-order valence-electron chi connectivity index (χ1n) is 8.32. The van der Waals surface area contributed by atoms with Crippen molar-refractivity contribution in [3.05, 3.63) is 29.8 Å². The van der Waals surface area contributed by atoms with Gasteiger partial charge in [-0.2, -0.15) is 0 Å². The van der Waals surface area contributed by atoms with Crippen molar-refractivity contribution < 1.29 is 9.47 Å². The fourth-order valence-electron chi connectivity index (χ4n) is 2.82. The van der Waals surface area contributed by atoms with Gasteiger partial charge in [-0.05, 0) is 32.8 Å². The van der Waals surface area contributed by atoms with Crippen LogP contribution < -0.4 is 15.4 Å². The highest BCUT2D eigenvalue weighted by molar-refractivity contribution is 5.80. The summed E-state index contributed by atoms with van der Waals surface area (Å²) in [5, 5.41) is 6.69. The fraction of sp³-hybridized carbons (Fsp3) is 0.611. The molecule has 1 fully saturated rings. The minimum atomic E-state index is 0.124. The Labute approximate surface area is 139 Å². The number of hydrogen-bond donors (Lipinski definition) is 2. The molecule has 5 heteroatoms. The van der Waals surface area contributed by atoms with E-state index in [1.165, 1.54) is 5.56 Å². The quantitative estimate of drug-likeness (QED) is 0.570. The zero-order valence-corrected chi connectivity index (χ0v) is 14.7. The molecule has 1 unspecified atom stereocenters. The number of ether oxygens (including phenoxy) is 2. The van der Waals surface area contributed by atoms with Crippen molar-refractivity contribution in [1.82, 2.24) is 10.6 Å². The van der Waals surface area contributed by atoms with Gasteiger partial charge in [0.2, 0.25) is 0 Å². The summed E-state index contributed by atoms with van der Waals surface area (Å²) in [5.74, 6) is 1.81. The van der Waals surface area contributed by atoms with E-state index in [9.17, 15) is 0 Å². The Morgan fingerprint density at radius 1 is 1.30 bits per heavy atom. The highest BCUT2D eigenvalue weighted by atomic mass is 16.5. The standard InChI is InChI=1S/C18H29N3O2/c1-5-19-17(21-14(2)12-22-3)20-13-18(10-11-18)15-8-6-7-9-16(15)23-4/h6-9,14H,5,10-13H2,1-4H3,(H2,19,20,21). The third kappa shape index (κ3) is 4.61. The zero-order chi connectivity index (χ0) is 16.7. The average molecular weight is 319 g/mol. The second-order valence-electron chi connectivity index (χ2n) is 6.18. The molecule has 2 rings (SSSR count). The molecular formula is C18H29N3O2. The lowest BCUT2D eigenvalue weighted by Gasteiger charge is -2.20. The molecule has 0 saturated heterocycles. The van der Waals surface area contributed by atoms with Gasteiger partial charge in [-0.15, -0.1) is 0 Å². The van der Waals surface area contributed by atoms with Gasteiger partial charge in [0.25, 0.3) is 0 Å². The van der Waals surface area contributed by atoms with Gasteiger partial charge < -0.3 is 20.1 Å². The van der Waals surface area contributed by atoms with E-state index in [0.717, 1.165) is 37.6 Å². The van der Waals surface area contributed by atoms with Gasteiger partial charge in [0, 0.05) is 30.7 Å². The minimum Gasteiger partial charge on any atom is -0.496 e. The molecule has 1 saturated carbocycles. The summed E-state index contributed by atoms with van der Waals surface area (Å²) < 4.78 is 10.7. The molecule has 1 aliphatic carbocycles. The molecule has 1 aromatic rings. The molecule has 0 heterocycles. The minimum absolute atomic E-state index is 0.124. The Balaban J connectivity index is 2.08. The van der Waals surface area contributed by atoms with E-state index in [-0.39, 0.29) is 11.5 Å². The SMILES string of the molecule is CCNC(=NCC1(c2ccccc2OC)CC1)NC(C)COC. The number of methoxy groups -OCH3 is 2. The highest BCUT2D eigenvalue weighted by Gasteiger charge is 2.46. The van der Waals surface area contributed by atoms with Crippen molar-refractivity contribution in [3.63, 3.8) is 0 Å². The van der Waals surface area contributed by atoms with Crippen molar-refractivity contribution in [3.8, 4) is 5.75 Å². The predicted molar refractivity (Wildman–Crippen MR) is 94.4 cm³/mol. The van der Waals surface area contributed by atoms with Gasteiger partial charge in [0.1, 0.15) is 5.75 Å². The summed E-state index contributed by atoms with van der Waals surface area (Å²) in [7, 11) is 3.44. The normalized spacial score (nSPS) is 17.5. The lowest BCUT2D eigenvalue weighted by atomic mass is 9.95. The Bertz CT molecular complexity index is 527. The van der Waals surface area contributed by atoms with Gasteiger partial charge in [-0.1, -0.05) is 18.2 Å². The zero-order valence-electron chi connectivity index (χ0n) is 14.7. The van der Waals surface area contributed by atoms with E-state index in [4.69, 9.17) is 14.5 Å². The molecule has 0 bridgehead atoms. The lowest BCUT2D eigenvalue weighted by Crippen LogP contribution is -2.44. The predicted octanol–water partition coefficient (Wildman–Crippen LogP) is 2.32. The van der Waals surface area contributed by atoms with Crippen LogP contribution in [0.25, 0.3) is 0 Å². The van der Waals surface area contributed by atoms with Crippen LogP contribution >= 0.6 is 0 Å². The Morgan fingerprint density at radius 3 is 2.65 bits per heavy atom. The first kappa shape index (κ1) is 17.6. The van der Waals surface area contributed by atoms with E-state index in [1.54, 1.807) is 14.2 Å². The van der Waals surface area contributed by atoms with Gasteiger partial charge in [0.15, 0.2) is 5.96 Å². The first-order valence-corrected chi connectivity index (χ1v) is 8.32. The molecule has 2 N–H and O–H groups in total. The molecule has 1 aromatic carbocycles. The van der Waals surface area contributed by atoms with Crippen LogP contribution in [0.15, 0.2) is 29.3 Å². The second kappa shape index (κ2) is 8.20. The summed E-state index contributed by atoms with van der Waals surface area (Å²) in [6.07, 6.45) is 2.31. The van der Waals surface area contributed by atoms with Crippen LogP contribution in [0.5, 0.6) is 5.75 Å². The maximum absolute atomic E-state index is 5.53. The number of para-hydroxylation sites is 1. The summed E-state index contributed by atoms with van der Waals surface area (Å²) in [6, 6.07) is 8.50. The molecule has 128 valence electrons. The summed E-state index contributed by atoms with van der Waals surface area (Å²) in [6.45, 7) is 6.42. The molecular weight excluding hydrogens is 290 g/mol. The smallest absolute Gasteiger partial charge is 0.191 e. The fourth-order valence-corrected chi connectivity index (χ4v) is 2.82. The number of guanidine groups is 1. The van der Waals surface area contributed by atoms with E-state index in [2.05, 4.69) is 36.6 Å². The van der Waals surface area contributed by atoms with Gasteiger partial charge in [0.05, 0.1) is 20.3 Å². The van der Waals surface area contributed by atoms with E-state index < -0.39 is 0 Å². The van der Waals surface area contributed by atoms with Crippen LogP contribution in [0.3, 0.4) is 0 Å². The molecule has 0 aliphatic heterocycles. The van der Waals surface area contributed by atoms with Crippen LogP contribution in [0, 0.1) is 0 Å². The molecule has 0 aromatic heterocycles. The Morgan fingerprint density at radius 2 is 2.04 bits per heavy atom. The Hall–Kier alpha value is -1.75. The van der Waals surface area contributed by atoms with Crippen molar-refractivity contribution in [2.75, 3.05) is 33.9 Å². The summed E-state index contributed by atoms with van der Waals surface area (Å²) in [4.78, 5) is 4.80. The van der Waals surface area contributed by atoms with Crippen LogP contribution in [0.1, 0.15) is 32.3 Å². The van der Waals surface area contributed by atoms with Crippen LogP contribution in [0.4, 0.5) is 0 Å². The van der Waals surface area contributed by atoms with E-state index in [0.29, 0.717) is 6.61 Å². The molecule has 0 spiro atoms. The number of rotatable bonds is 8. The maximum atomic E-state index is 5.53. The number of aliphatic imine (C=N–C) groups is 1. The third-order valence-corrected chi connectivity index (χ3v) is 4.22. The van der Waals surface area contributed by atoms with Gasteiger partial charge >= 0.3 is 0 Å². The number of hydrogen-bond acceptors (Lipinski definition) is 3. The average Bonchev–Trinajstić information content (AvgIpc) is 3.34. The van der Waals surface area contributed by atoms with E-state index >= 15 is 0 Å². The first-order chi connectivity index (χ1) is 11.1. The number of benzene rings is 1. The summed E-state index contributed by atoms with van der Waals surface area (Å²) in [5.41, 5.74) is 1.39. The topological polar surface area (TPSA) is 54.9 Å². The van der Waals surface area contributed by atoms with Crippen molar-refractivity contribution in [1.29, 1.82) is 0 Å². The second-order valence-corrected chi connectivity index (χ2v) is 6.18. The van der Waals surface area contributed by atoms with Crippen LogP contribution in [0.2, 0.25) is 0 Å². The van der Waals surface area contributed by atoms with Gasteiger partial charge in [-0.3, -0.25) is 4.99 Å². The molecule has 0 radical (unpaired) electrons. The van der Waals surface area contributed by atoms with Crippen LogP contribution in [-0.4, -0.2) is 45.9 Å². The number of nitrogens with one attached hydrogen (secondary N) is 2. The molecule has 0 amide bonds. The van der Waals surface area contributed by atoms with Crippen molar-refractivity contribution in [2.24, 2.45) is 4.99 Å². The van der Waals surface area contributed by atoms with E-state index in [1.807, 2.05) is 12.1 Å². The maximum Gasteiger partial charge on any atom is 0.191 e. The molecule has 1 aliphatic rings. The lowest BCUT2D eigenvalue weighted by molar-refractivity contribution is 0.179. The van der Waals surface area contributed by atoms with Crippen molar-refractivity contribution >= 4 is 5.96 Å². The molecule has 1 atom stereocenters. The van der Waals surface area contributed by atoms with Gasteiger partial charge in [-0.25, -0.2) is 0 Å². The molecule has 5 nitrogen and oxygen atoms in total. The summed E-state index contributed by atoms with van der Waals surface area (Å²) >= 11 is 0. The third-order valence-electron chi connectivity index (χ3n) is 4.22. The monoisotopic (exact) mass is 319 g/mol. The van der Waals surface area contributed by atoms with Crippen LogP contribution in [-0.2, 0) is 10.2 Å². The molecule has 23 heavy (non-hydrogen) atoms. The van der Waals surface area contributed by atoms with Crippen molar-refractivity contribution in [2.45, 2.75) is 38.1 Å². The largest absolute Gasteiger partial charge is 0.496 e.